The molecule has 66 valence electrons. The van der Waals surface area contributed by atoms with Gasteiger partial charge in [0, 0.05) is 11.8 Å². The number of fused-ring (bicyclic) bond motifs is 1. The minimum atomic E-state index is 0.0127. The number of hydrogen-bond acceptors (Lipinski definition) is 1. The van der Waals surface area contributed by atoms with Gasteiger partial charge in [0.2, 0.25) is 0 Å². The molecule has 2 aliphatic rings. The zero-order valence-electron chi connectivity index (χ0n) is 7.89. The van der Waals surface area contributed by atoms with E-state index in [1.165, 1.54) is 5.57 Å². The quantitative estimate of drug-likeness (QED) is 0.503. The molecule has 2 rings (SSSR count). The third kappa shape index (κ3) is 0.954. The summed E-state index contributed by atoms with van der Waals surface area (Å²) in [5, 5.41) is 0. The molecule has 0 heterocycles. The van der Waals surface area contributed by atoms with Gasteiger partial charge in [-0.25, -0.2) is 0 Å². The molecule has 12 heavy (non-hydrogen) atoms. The lowest BCUT2D eigenvalue weighted by atomic mass is 9.70. The van der Waals surface area contributed by atoms with E-state index in [1.807, 2.05) is 0 Å². The molecule has 1 saturated carbocycles. The third-order valence-electron chi connectivity index (χ3n) is 3.65. The van der Waals surface area contributed by atoms with Gasteiger partial charge in [0.25, 0.3) is 0 Å². The average molecular weight is 164 g/mol. The highest BCUT2D eigenvalue weighted by molar-refractivity contribution is 5.87. The number of Topliss-reactive ketones (excluding diaryl/α,β-unsaturated/α-hetero) is 1. The monoisotopic (exact) mass is 164 g/mol. The summed E-state index contributed by atoms with van der Waals surface area (Å²) < 4.78 is 0. The van der Waals surface area contributed by atoms with Crippen LogP contribution in [0.15, 0.2) is 11.6 Å². The summed E-state index contributed by atoms with van der Waals surface area (Å²) in [5.74, 6) is 1.15. The van der Waals surface area contributed by atoms with E-state index in [-0.39, 0.29) is 5.41 Å². The highest BCUT2D eigenvalue weighted by atomic mass is 16.1. The van der Waals surface area contributed by atoms with Gasteiger partial charge in [-0.05, 0) is 32.1 Å². The van der Waals surface area contributed by atoms with Crippen LogP contribution in [-0.2, 0) is 4.79 Å². The molecule has 1 fully saturated rings. The lowest BCUT2D eigenvalue weighted by Gasteiger charge is -2.33. The molecule has 2 atom stereocenters. The lowest BCUT2D eigenvalue weighted by Crippen LogP contribution is -2.31. The van der Waals surface area contributed by atoms with Crippen LogP contribution in [0.2, 0.25) is 0 Å². The van der Waals surface area contributed by atoms with Gasteiger partial charge in [-0.3, -0.25) is 4.79 Å². The van der Waals surface area contributed by atoms with Crippen LogP contribution in [0.5, 0.6) is 0 Å². The van der Waals surface area contributed by atoms with Crippen LogP contribution in [-0.4, -0.2) is 5.78 Å². The molecule has 0 spiro atoms. The minimum Gasteiger partial charge on any atom is -0.299 e. The van der Waals surface area contributed by atoms with E-state index in [0.717, 1.165) is 25.7 Å². The predicted octanol–water partition coefficient (Wildman–Crippen LogP) is 2.71. The normalized spacial score (nSPS) is 41.0. The van der Waals surface area contributed by atoms with Crippen molar-refractivity contribution in [1.82, 2.24) is 0 Å². The number of hydrogen-bond donors (Lipinski definition) is 0. The highest BCUT2D eigenvalue weighted by Gasteiger charge is 2.46. The van der Waals surface area contributed by atoms with E-state index >= 15 is 0 Å². The predicted molar refractivity (Wildman–Crippen MR) is 48.8 cm³/mol. The van der Waals surface area contributed by atoms with Crippen LogP contribution in [0.4, 0.5) is 0 Å². The van der Waals surface area contributed by atoms with Gasteiger partial charge in [0.15, 0.2) is 0 Å². The van der Waals surface area contributed by atoms with Gasteiger partial charge in [-0.15, -0.1) is 0 Å². The fourth-order valence-corrected chi connectivity index (χ4v) is 2.75. The van der Waals surface area contributed by atoms with Gasteiger partial charge in [0.1, 0.15) is 5.78 Å². The average Bonchev–Trinajstić information content (AvgIpc) is 2.28. The van der Waals surface area contributed by atoms with Crippen molar-refractivity contribution in [2.45, 2.75) is 39.5 Å². The van der Waals surface area contributed by atoms with Crippen LogP contribution >= 0.6 is 0 Å². The van der Waals surface area contributed by atoms with Gasteiger partial charge < -0.3 is 0 Å². The van der Waals surface area contributed by atoms with Crippen molar-refractivity contribution in [2.75, 3.05) is 0 Å². The second kappa shape index (κ2) is 2.45. The molecule has 0 aliphatic heterocycles. The first-order chi connectivity index (χ1) is 5.63. The molecule has 0 N–H and O–H groups in total. The second-order valence-electron chi connectivity index (χ2n) is 4.54. The molecule has 0 aromatic heterocycles. The Labute approximate surface area is 73.8 Å². The molecule has 0 bridgehead atoms. The first kappa shape index (κ1) is 8.03. The molecular formula is C11H16O. The molecular weight excluding hydrogens is 148 g/mol. The maximum atomic E-state index is 11.6. The molecule has 0 saturated heterocycles. The summed E-state index contributed by atoms with van der Waals surface area (Å²) >= 11 is 0. The van der Waals surface area contributed by atoms with Crippen LogP contribution in [0.3, 0.4) is 0 Å². The van der Waals surface area contributed by atoms with Crippen molar-refractivity contribution in [3.63, 3.8) is 0 Å². The third-order valence-corrected chi connectivity index (χ3v) is 3.65. The standard InChI is InChI=1S/C11H16O/c1-8-3-4-9-5-6-10(12)11(9,2)7-8/h3,9H,4-7H2,1-2H3/t9-,11-/m1/s1. The van der Waals surface area contributed by atoms with Crippen molar-refractivity contribution in [3.05, 3.63) is 11.6 Å². The largest absolute Gasteiger partial charge is 0.299 e. The second-order valence-corrected chi connectivity index (χ2v) is 4.54. The van der Waals surface area contributed by atoms with E-state index in [1.54, 1.807) is 0 Å². The summed E-state index contributed by atoms with van der Waals surface area (Å²) in [6.45, 7) is 4.30. The molecule has 1 nitrogen and oxygen atoms in total. The van der Waals surface area contributed by atoms with Gasteiger partial charge in [-0.1, -0.05) is 18.6 Å². The molecule has 0 amide bonds. The van der Waals surface area contributed by atoms with Crippen LogP contribution in [0.1, 0.15) is 39.5 Å². The summed E-state index contributed by atoms with van der Waals surface area (Å²) in [4.78, 5) is 11.6. The molecule has 1 heteroatoms. The van der Waals surface area contributed by atoms with Crippen LogP contribution < -0.4 is 0 Å². The Balaban J connectivity index is 2.31. The van der Waals surface area contributed by atoms with E-state index < -0.39 is 0 Å². The Morgan fingerprint density at radius 1 is 1.58 bits per heavy atom. The fourth-order valence-electron chi connectivity index (χ4n) is 2.75. The first-order valence-corrected chi connectivity index (χ1v) is 4.82. The smallest absolute Gasteiger partial charge is 0.139 e. The zero-order valence-corrected chi connectivity index (χ0v) is 7.89. The first-order valence-electron chi connectivity index (χ1n) is 4.82. The van der Waals surface area contributed by atoms with Gasteiger partial charge in [0.05, 0.1) is 0 Å². The van der Waals surface area contributed by atoms with Crippen molar-refractivity contribution >= 4 is 5.78 Å². The number of rotatable bonds is 0. The molecule has 2 aliphatic carbocycles. The Bertz CT molecular complexity index is 252. The number of ketones is 1. The Morgan fingerprint density at radius 3 is 3.08 bits per heavy atom. The molecule has 0 radical (unpaired) electrons. The Hall–Kier alpha value is -0.590. The van der Waals surface area contributed by atoms with Gasteiger partial charge >= 0.3 is 0 Å². The highest BCUT2D eigenvalue weighted by Crippen LogP contribution is 2.49. The van der Waals surface area contributed by atoms with Crippen molar-refractivity contribution in [3.8, 4) is 0 Å². The van der Waals surface area contributed by atoms with E-state index in [9.17, 15) is 4.79 Å². The number of allylic oxidation sites excluding steroid dienone is 2. The Morgan fingerprint density at radius 2 is 2.33 bits per heavy atom. The lowest BCUT2D eigenvalue weighted by molar-refractivity contribution is -0.126. The van der Waals surface area contributed by atoms with Crippen molar-refractivity contribution in [2.24, 2.45) is 11.3 Å². The molecule has 0 unspecified atom stereocenters. The van der Waals surface area contributed by atoms with Crippen LogP contribution in [0, 0.1) is 11.3 Å². The topological polar surface area (TPSA) is 17.1 Å². The maximum absolute atomic E-state index is 11.6. The summed E-state index contributed by atoms with van der Waals surface area (Å²) in [6, 6.07) is 0. The number of carbonyl (C=O) groups is 1. The van der Waals surface area contributed by atoms with Crippen LogP contribution in [0.25, 0.3) is 0 Å². The van der Waals surface area contributed by atoms with E-state index in [0.29, 0.717) is 11.7 Å². The fraction of sp³-hybridized carbons (Fsp3) is 0.727. The molecule has 0 aromatic rings. The zero-order chi connectivity index (χ0) is 8.77. The SMILES string of the molecule is CC1=CC[C@@H]2CCC(=O)[C@]2(C)C1. The summed E-state index contributed by atoms with van der Waals surface area (Å²) in [5.41, 5.74) is 1.42. The van der Waals surface area contributed by atoms with Crippen molar-refractivity contribution in [1.29, 1.82) is 0 Å². The summed E-state index contributed by atoms with van der Waals surface area (Å²) in [7, 11) is 0. The van der Waals surface area contributed by atoms with E-state index in [2.05, 4.69) is 19.9 Å². The summed E-state index contributed by atoms with van der Waals surface area (Å²) in [6.07, 6.45) is 6.40. The Kier molecular flexibility index (Phi) is 1.64. The number of carbonyl (C=O) groups excluding carboxylic acids is 1. The van der Waals surface area contributed by atoms with Crippen molar-refractivity contribution < 1.29 is 4.79 Å². The van der Waals surface area contributed by atoms with Gasteiger partial charge in [-0.2, -0.15) is 0 Å². The molecule has 0 aromatic carbocycles. The maximum Gasteiger partial charge on any atom is 0.139 e. The minimum absolute atomic E-state index is 0.0127. The van der Waals surface area contributed by atoms with E-state index in [4.69, 9.17) is 0 Å².